The monoisotopic (exact) mass is 416 g/mol. The number of benzene rings is 2. The summed E-state index contributed by atoms with van der Waals surface area (Å²) in [5, 5.41) is 13.3. The number of hydrogen-bond donors (Lipinski definition) is 1. The predicted molar refractivity (Wildman–Crippen MR) is 110 cm³/mol. The smallest absolute Gasteiger partial charge is 0.344 e. The second kappa shape index (κ2) is 9.73. The molecule has 0 aliphatic carbocycles. The van der Waals surface area contributed by atoms with Gasteiger partial charge in [-0.2, -0.15) is 0 Å². The molecule has 30 heavy (non-hydrogen) atoms. The topological polar surface area (TPSA) is 117 Å². The van der Waals surface area contributed by atoms with E-state index in [0.29, 0.717) is 5.75 Å². The number of carbonyl (C=O) groups is 2. The van der Waals surface area contributed by atoms with Gasteiger partial charge in [-0.25, -0.2) is 4.79 Å². The lowest BCUT2D eigenvalue weighted by molar-refractivity contribution is -0.384. The molecular weight excluding hydrogens is 392 g/mol. The Morgan fingerprint density at radius 1 is 1.07 bits per heavy atom. The van der Waals surface area contributed by atoms with E-state index in [0.717, 1.165) is 11.6 Å². The van der Waals surface area contributed by atoms with E-state index < -0.39 is 23.4 Å². The Morgan fingerprint density at radius 3 is 2.30 bits per heavy atom. The van der Waals surface area contributed by atoms with E-state index in [1.54, 1.807) is 12.1 Å². The van der Waals surface area contributed by atoms with Gasteiger partial charge in [0.25, 0.3) is 11.6 Å². The van der Waals surface area contributed by atoms with Gasteiger partial charge in [0.2, 0.25) is 0 Å². The van der Waals surface area contributed by atoms with Gasteiger partial charge in [-0.05, 0) is 29.2 Å². The van der Waals surface area contributed by atoms with Gasteiger partial charge < -0.3 is 19.5 Å². The third-order valence-electron chi connectivity index (χ3n) is 4.11. The maximum atomic E-state index is 12.0. The average molecular weight is 416 g/mol. The van der Waals surface area contributed by atoms with Crippen molar-refractivity contribution in [2.45, 2.75) is 26.2 Å². The first-order valence-corrected chi connectivity index (χ1v) is 9.11. The summed E-state index contributed by atoms with van der Waals surface area (Å²) >= 11 is 0. The van der Waals surface area contributed by atoms with Crippen LogP contribution in [0, 0.1) is 10.1 Å². The van der Waals surface area contributed by atoms with Crippen molar-refractivity contribution in [3.8, 4) is 11.5 Å². The number of nitro benzene ring substituents is 1. The number of nitrogens with zero attached hydrogens (tertiary/aromatic N) is 1. The molecule has 2 aromatic rings. The molecule has 160 valence electrons. The van der Waals surface area contributed by atoms with E-state index >= 15 is 0 Å². The van der Waals surface area contributed by atoms with Gasteiger partial charge in [0.15, 0.2) is 13.2 Å². The molecule has 2 rings (SSSR count). The van der Waals surface area contributed by atoms with Crippen LogP contribution in [-0.4, -0.2) is 37.1 Å². The highest BCUT2D eigenvalue weighted by molar-refractivity contribution is 5.94. The van der Waals surface area contributed by atoms with Gasteiger partial charge in [0.1, 0.15) is 11.5 Å². The normalized spacial score (nSPS) is 10.8. The van der Waals surface area contributed by atoms with Crippen molar-refractivity contribution in [1.29, 1.82) is 0 Å². The predicted octanol–water partition coefficient (Wildman–Crippen LogP) is 3.46. The van der Waals surface area contributed by atoms with Gasteiger partial charge in [-0.15, -0.1) is 0 Å². The number of rotatable bonds is 8. The van der Waals surface area contributed by atoms with Crippen LogP contribution in [0.15, 0.2) is 42.5 Å². The second-order valence-corrected chi connectivity index (χ2v) is 7.41. The first kappa shape index (κ1) is 22.7. The molecule has 0 unspecified atom stereocenters. The highest BCUT2D eigenvalue weighted by Crippen LogP contribution is 2.28. The highest BCUT2D eigenvalue weighted by Gasteiger charge is 2.16. The van der Waals surface area contributed by atoms with Crippen LogP contribution in [0.1, 0.15) is 26.3 Å². The van der Waals surface area contributed by atoms with E-state index in [2.05, 4.69) is 26.1 Å². The second-order valence-electron chi connectivity index (χ2n) is 7.41. The van der Waals surface area contributed by atoms with Crippen LogP contribution < -0.4 is 14.8 Å². The van der Waals surface area contributed by atoms with Crippen molar-refractivity contribution in [1.82, 2.24) is 0 Å². The summed E-state index contributed by atoms with van der Waals surface area (Å²) in [5.41, 5.74) is 1.02. The number of anilines is 1. The molecule has 0 saturated heterocycles. The lowest BCUT2D eigenvalue weighted by atomic mass is 9.87. The Labute approximate surface area is 174 Å². The number of esters is 1. The molecule has 0 spiro atoms. The van der Waals surface area contributed by atoms with Crippen LogP contribution in [0.2, 0.25) is 0 Å². The van der Waals surface area contributed by atoms with Gasteiger partial charge in [0.05, 0.1) is 17.7 Å². The zero-order valence-corrected chi connectivity index (χ0v) is 17.3. The van der Waals surface area contributed by atoms with E-state index in [1.807, 2.05) is 12.1 Å². The number of hydrogen-bond acceptors (Lipinski definition) is 7. The van der Waals surface area contributed by atoms with E-state index in [1.165, 1.54) is 19.2 Å². The molecule has 0 bridgehead atoms. The van der Waals surface area contributed by atoms with Crippen LogP contribution >= 0.6 is 0 Å². The first-order valence-electron chi connectivity index (χ1n) is 9.11. The molecule has 2 aromatic carbocycles. The minimum absolute atomic E-state index is 0.00663. The lowest BCUT2D eigenvalue weighted by Gasteiger charge is -2.19. The number of methoxy groups -OCH3 is 1. The summed E-state index contributed by atoms with van der Waals surface area (Å²) in [4.78, 5) is 34.1. The molecule has 0 radical (unpaired) electrons. The van der Waals surface area contributed by atoms with Gasteiger partial charge in [-0.3, -0.25) is 14.9 Å². The fourth-order valence-electron chi connectivity index (χ4n) is 2.47. The summed E-state index contributed by atoms with van der Waals surface area (Å²) in [5.74, 6) is -0.652. The minimum atomic E-state index is -0.726. The van der Waals surface area contributed by atoms with Crippen LogP contribution in [0.5, 0.6) is 11.5 Å². The Kier molecular flexibility index (Phi) is 7.35. The highest BCUT2D eigenvalue weighted by atomic mass is 16.6. The van der Waals surface area contributed by atoms with Crippen LogP contribution in [0.3, 0.4) is 0 Å². The molecule has 0 heterocycles. The van der Waals surface area contributed by atoms with Crippen molar-refractivity contribution in [2.24, 2.45) is 0 Å². The molecule has 0 aromatic heterocycles. The Bertz CT molecular complexity index is 918. The van der Waals surface area contributed by atoms with Crippen molar-refractivity contribution in [2.75, 3.05) is 25.6 Å². The van der Waals surface area contributed by atoms with E-state index in [4.69, 9.17) is 14.2 Å². The molecule has 0 aliphatic heterocycles. The Balaban J connectivity index is 1.84. The average Bonchev–Trinajstić information content (AvgIpc) is 2.70. The van der Waals surface area contributed by atoms with Gasteiger partial charge in [0, 0.05) is 12.1 Å². The van der Waals surface area contributed by atoms with Crippen molar-refractivity contribution >= 4 is 23.3 Å². The van der Waals surface area contributed by atoms with Crippen LogP contribution in [0.25, 0.3) is 0 Å². The molecule has 9 nitrogen and oxygen atoms in total. The number of non-ortho nitro benzene ring substituents is 1. The molecule has 0 saturated carbocycles. The Hall–Kier alpha value is -3.62. The SMILES string of the molecule is COc1ccc([N+](=O)[O-])cc1NC(=O)COC(=O)COc1ccc(C(C)(C)C)cc1. The molecule has 1 amide bonds. The summed E-state index contributed by atoms with van der Waals surface area (Å²) in [6.45, 7) is 5.34. The lowest BCUT2D eigenvalue weighted by Crippen LogP contribution is -2.24. The number of carbonyl (C=O) groups excluding carboxylic acids is 2. The maximum absolute atomic E-state index is 12.0. The van der Waals surface area contributed by atoms with Crippen molar-refractivity contribution in [3.63, 3.8) is 0 Å². The van der Waals surface area contributed by atoms with E-state index in [9.17, 15) is 19.7 Å². The first-order chi connectivity index (χ1) is 14.1. The summed E-state index contributed by atoms with van der Waals surface area (Å²) in [6.07, 6.45) is 0. The van der Waals surface area contributed by atoms with Gasteiger partial charge >= 0.3 is 5.97 Å². The van der Waals surface area contributed by atoms with E-state index in [-0.39, 0.29) is 29.1 Å². The number of nitro groups is 1. The minimum Gasteiger partial charge on any atom is -0.495 e. The standard InChI is InChI=1S/C21H24N2O7/c1-21(2,3)14-5-8-16(9-6-14)29-13-20(25)30-12-19(24)22-17-11-15(23(26)27)7-10-18(17)28-4/h5-11H,12-13H2,1-4H3,(H,22,24). The van der Waals surface area contributed by atoms with Crippen LogP contribution in [-0.2, 0) is 19.7 Å². The fourth-order valence-corrected chi connectivity index (χ4v) is 2.47. The summed E-state index contributed by atoms with van der Waals surface area (Å²) in [7, 11) is 1.36. The van der Waals surface area contributed by atoms with Crippen molar-refractivity contribution in [3.05, 3.63) is 58.1 Å². The largest absolute Gasteiger partial charge is 0.495 e. The molecule has 0 aliphatic rings. The zero-order valence-electron chi connectivity index (χ0n) is 17.3. The number of nitrogens with one attached hydrogen (secondary N) is 1. The van der Waals surface area contributed by atoms with Gasteiger partial charge in [-0.1, -0.05) is 32.9 Å². The van der Waals surface area contributed by atoms with Crippen LogP contribution in [0.4, 0.5) is 11.4 Å². The molecule has 0 atom stereocenters. The van der Waals surface area contributed by atoms with Crippen molar-refractivity contribution < 1.29 is 28.7 Å². The Morgan fingerprint density at radius 2 is 1.73 bits per heavy atom. The molecule has 0 fully saturated rings. The summed E-state index contributed by atoms with van der Waals surface area (Å²) < 4.78 is 15.3. The number of ether oxygens (including phenoxy) is 3. The number of amides is 1. The fraction of sp³-hybridized carbons (Fsp3) is 0.333. The summed E-state index contributed by atoms with van der Waals surface area (Å²) in [6, 6.07) is 11.1. The third-order valence-corrected chi connectivity index (χ3v) is 4.11. The zero-order chi connectivity index (χ0) is 22.3. The maximum Gasteiger partial charge on any atom is 0.344 e. The molecular formula is C21H24N2O7. The molecule has 1 N–H and O–H groups in total. The molecule has 9 heteroatoms. The quantitative estimate of drug-likeness (QED) is 0.398. The third kappa shape index (κ3) is 6.47.